The second-order valence-corrected chi connectivity index (χ2v) is 5.34. The zero-order valence-corrected chi connectivity index (χ0v) is 11.7. The van der Waals surface area contributed by atoms with Gasteiger partial charge in [-0.1, -0.05) is 22.0 Å². The highest BCUT2D eigenvalue weighted by atomic mass is 79.9. The van der Waals surface area contributed by atoms with E-state index in [9.17, 15) is 13.6 Å². The van der Waals surface area contributed by atoms with Crippen LogP contribution in [0.4, 0.5) is 20.2 Å². The Morgan fingerprint density at radius 1 is 1.15 bits per heavy atom. The number of fused-ring (bicyclic) bond motifs is 1. The molecule has 2 aromatic carbocycles. The van der Waals surface area contributed by atoms with E-state index < -0.39 is 17.7 Å². The van der Waals surface area contributed by atoms with Gasteiger partial charge in [-0.25, -0.2) is 8.78 Å². The fraction of sp³-hybridized carbons (Fsp3) is 0.0714. The molecule has 0 spiro atoms. The number of rotatable bonds is 2. The molecule has 20 heavy (non-hydrogen) atoms. The molecule has 0 saturated carbocycles. The molecule has 2 aromatic rings. The molecule has 1 aliphatic rings. The molecule has 1 atom stereocenters. The van der Waals surface area contributed by atoms with Crippen LogP contribution in [-0.4, -0.2) is 5.91 Å². The van der Waals surface area contributed by atoms with Crippen molar-refractivity contribution in [2.45, 2.75) is 6.04 Å². The Morgan fingerprint density at radius 3 is 2.75 bits per heavy atom. The highest BCUT2D eigenvalue weighted by molar-refractivity contribution is 9.10. The van der Waals surface area contributed by atoms with Gasteiger partial charge in [0.2, 0.25) is 0 Å². The first-order chi connectivity index (χ1) is 9.54. The van der Waals surface area contributed by atoms with Crippen LogP contribution in [0.3, 0.4) is 0 Å². The minimum atomic E-state index is -0.741. The van der Waals surface area contributed by atoms with E-state index in [4.69, 9.17) is 0 Å². The molecule has 0 radical (unpaired) electrons. The number of hydrogen-bond donors (Lipinski definition) is 2. The van der Waals surface area contributed by atoms with Gasteiger partial charge in [0.25, 0.3) is 5.91 Å². The molecule has 1 amide bonds. The maximum atomic E-state index is 13.6. The van der Waals surface area contributed by atoms with Crippen LogP contribution in [0.25, 0.3) is 0 Å². The summed E-state index contributed by atoms with van der Waals surface area (Å²) in [6.07, 6.45) is 0. The van der Waals surface area contributed by atoms with Crippen LogP contribution in [0, 0.1) is 11.6 Å². The molecule has 2 N–H and O–H groups in total. The Bertz CT molecular complexity index is 706. The number of nitrogens with one attached hydrogen (secondary N) is 2. The van der Waals surface area contributed by atoms with E-state index in [2.05, 4.69) is 26.6 Å². The van der Waals surface area contributed by atoms with Gasteiger partial charge in [0, 0.05) is 15.7 Å². The summed E-state index contributed by atoms with van der Waals surface area (Å²) in [6.45, 7) is 0. The lowest BCUT2D eigenvalue weighted by Gasteiger charge is -2.13. The third-order valence-electron chi connectivity index (χ3n) is 3.07. The summed E-state index contributed by atoms with van der Waals surface area (Å²) in [7, 11) is 0. The van der Waals surface area contributed by atoms with E-state index in [1.165, 1.54) is 0 Å². The predicted octanol–water partition coefficient (Wildman–Crippen LogP) is 3.83. The molecule has 6 heteroatoms. The molecule has 3 rings (SSSR count). The highest BCUT2D eigenvalue weighted by Gasteiger charge is 2.31. The number of carbonyl (C=O) groups excluding carboxylic acids is 1. The lowest BCUT2D eigenvalue weighted by Crippen LogP contribution is -2.20. The summed E-state index contributed by atoms with van der Waals surface area (Å²) in [4.78, 5) is 11.9. The minimum absolute atomic E-state index is 0.0408. The van der Waals surface area contributed by atoms with Gasteiger partial charge in [-0.05, 0) is 30.3 Å². The molecule has 0 aromatic heterocycles. The number of halogens is 3. The molecule has 0 fully saturated rings. The Morgan fingerprint density at radius 2 is 1.95 bits per heavy atom. The maximum Gasteiger partial charge on any atom is 0.251 e. The molecular formula is C14H9BrF2N2O. The third-order valence-corrected chi connectivity index (χ3v) is 3.57. The standard InChI is InChI=1S/C14H9BrF2N2O/c15-7-1-3-9-11(5-7)19-14(20)13(9)18-12-6-8(16)2-4-10(12)17/h1-6,13,18H,(H,19,20). The number of amides is 1. The first-order valence-corrected chi connectivity index (χ1v) is 6.66. The van der Waals surface area contributed by atoms with Crippen molar-refractivity contribution < 1.29 is 13.6 Å². The average molecular weight is 339 g/mol. The largest absolute Gasteiger partial charge is 0.368 e. The summed E-state index contributed by atoms with van der Waals surface area (Å²) in [6, 6.07) is 7.64. The first-order valence-electron chi connectivity index (χ1n) is 5.86. The van der Waals surface area contributed by atoms with E-state index in [1.54, 1.807) is 18.2 Å². The molecule has 1 heterocycles. The lowest BCUT2D eigenvalue weighted by atomic mass is 10.1. The topological polar surface area (TPSA) is 41.1 Å². The molecule has 1 unspecified atom stereocenters. The van der Waals surface area contributed by atoms with Gasteiger partial charge in [-0.3, -0.25) is 4.79 Å². The van der Waals surface area contributed by atoms with Crippen molar-refractivity contribution >= 4 is 33.2 Å². The van der Waals surface area contributed by atoms with Crippen LogP contribution in [0.5, 0.6) is 0 Å². The van der Waals surface area contributed by atoms with Crippen molar-refractivity contribution in [1.82, 2.24) is 0 Å². The zero-order valence-electron chi connectivity index (χ0n) is 10.1. The van der Waals surface area contributed by atoms with Crippen molar-refractivity contribution in [2.75, 3.05) is 10.6 Å². The minimum Gasteiger partial charge on any atom is -0.368 e. The molecular weight excluding hydrogens is 330 g/mol. The fourth-order valence-corrected chi connectivity index (χ4v) is 2.50. The number of hydrogen-bond acceptors (Lipinski definition) is 2. The van der Waals surface area contributed by atoms with E-state index in [1.807, 2.05) is 0 Å². The van der Waals surface area contributed by atoms with Crippen LogP contribution < -0.4 is 10.6 Å². The first kappa shape index (κ1) is 13.1. The van der Waals surface area contributed by atoms with Gasteiger partial charge >= 0.3 is 0 Å². The average Bonchev–Trinajstić information content (AvgIpc) is 2.69. The lowest BCUT2D eigenvalue weighted by molar-refractivity contribution is -0.116. The van der Waals surface area contributed by atoms with Gasteiger partial charge in [0.1, 0.15) is 17.7 Å². The van der Waals surface area contributed by atoms with Crippen molar-refractivity contribution in [3.05, 3.63) is 58.1 Å². The Hall–Kier alpha value is -1.95. The number of benzene rings is 2. The molecule has 3 nitrogen and oxygen atoms in total. The normalized spacial score (nSPS) is 16.8. The smallest absolute Gasteiger partial charge is 0.251 e. The summed E-state index contributed by atoms with van der Waals surface area (Å²) in [5.74, 6) is -1.48. The summed E-state index contributed by atoms with van der Waals surface area (Å²) in [5.41, 5.74) is 1.31. The SMILES string of the molecule is O=C1Nc2cc(Br)ccc2C1Nc1cc(F)ccc1F. The summed E-state index contributed by atoms with van der Waals surface area (Å²) in [5, 5.41) is 5.43. The molecule has 102 valence electrons. The number of anilines is 2. The Balaban J connectivity index is 1.96. The van der Waals surface area contributed by atoms with Gasteiger partial charge < -0.3 is 10.6 Å². The van der Waals surface area contributed by atoms with Gasteiger partial charge in [0.05, 0.1) is 5.69 Å². The van der Waals surface area contributed by atoms with Crippen molar-refractivity contribution in [3.8, 4) is 0 Å². The predicted molar refractivity (Wildman–Crippen MR) is 75.5 cm³/mol. The van der Waals surface area contributed by atoms with E-state index in [-0.39, 0.29) is 11.6 Å². The zero-order chi connectivity index (χ0) is 14.3. The quantitative estimate of drug-likeness (QED) is 0.873. The monoisotopic (exact) mass is 338 g/mol. The Labute approximate surface area is 122 Å². The second-order valence-electron chi connectivity index (χ2n) is 4.42. The van der Waals surface area contributed by atoms with E-state index in [0.29, 0.717) is 11.3 Å². The third kappa shape index (κ3) is 2.27. The van der Waals surface area contributed by atoms with Crippen molar-refractivity contribution in [3.63, 3.8) is 0 Å². The summed E-state index contributed by atoms with van der Waals surface area (Å²) >= 11 is 3.31. The molecule has 0 bridgehead atoms. The van der Waals surface area contributed by atoms with Crippen LogP contribution in [-0.2, 0) is 4.79 Å². The van der Waals surface area contributed by atoms with E-state index >= 15 is 0 Å². The maximum absolute atomic E-state index is 13.6. The van der Waals surface area contributed by atoms with E-state index in [0.717, 1.165) is 22.7 Å². The highest BCUT2D eigenvalue weighted by Crippen LogP contribution is 2.35. The number of carbonyl (C=O) groups is 1. The van der Waals surface area contributed by atoms with Crippen LogP contribution >= 0.6 is 15.9 Å². The van der Waals surface area contributed by atoms with Crippen molar-refractivity contribution in [1.29, 1.82) is 0 Å². The molecule has 1 aliphatic heterocycles. The second kappa shape index (κ2) is 4.86. The molecule has 0 aliphatic carbocycles. The Kier molecular flexibility index (Phi) is 3.17. The fourth-order valence-electron chi connectivity index (χ4n) is 2.14. The van der Waals surface area contributed by atoms with Crippen LogP contribution in [0.15, 0.2) is 40.9 Å². The van der Waals surface area contributed by atoms with Gasteiger partial charge in [0.15, 0.2) is 0 Å². The van der Waals surface area contributed by atoms with Gasteiger partial charge in [-0.2, -0.15) is 0 Å². The van der Waals surface area contributed by atoms with Crippen molar-refractivity contribution in [2.24, 2.45) is 0 Å². The molecule has 0 saturated heterocycles. The van der Waals surface area contributed by atoms with Crippen LogP contribution in [0.1, 0.15) is 11.6 Å². The van der Waals surface area contributed by atoms with Crippen LogP contribution in [0.2, 0.25) is 0 Å². The van der Waals surface area contributed by atoms with Gasteiger partial charge in [-0.15, -0.1) is 0 Å². The summed E-state index contributed by atoms with van der Waals surface area (Å²) < 4.78 is 27.6.